The first kappa shape index (κ1) is 26.3. The molecule has 0 aromatic heterocycles. The summed E-state index contributed by atoms with van der Waals surface area (Å²) in [6, 6.07) is 8.86. The first-order valence-corrected chi connectivity index (χ1v) is 11.7. The van der Waals surface area contributed by atoms with E-state index in [1.807, 2.05) is 31.2 Å². The number of halogens is 4. The minimum atomic E-state index is -4.76. The quantitative estimate of drug-likeness (QED) is 0.496. The molecule has 1 atom stereocenters. The summed E-state index contributed by atoms with van der Waals surface area (Å²) in [5, 5.41) is 2.17. The smallest absolute Gasteiger partial charge is 0.343 e. The Morgan fingerprint density at radius 2 is 1.76 bits per heavy atom. The molecule has 2 heterocycles. The fourth-order valence-corrected chi connectivity index (χ4v) is 5.20. The molecule has 2 aliphatic rings. The third kappa shape index (κ3) is 4.82. The van der Waals surface area contributed by atoms with E-state index in [4.69, 9.17) is 0 Å². The van der Waals surface area contributed by atoms with Crippen LogP contribution in [0.2, 0.25) is 0 Å². The molecule has 0 saturated carbocycles. The summed E-state index contributed by atoms with van der Waals surface area (Å²) in [6.07, 6.45) is -4.31. The summed E-state index contributed by atoms with van der Waals surface area (Å²) in [4.78, 5) is 53.8. The van der Waals surface area contributed by atoms with Gasteiger partial charge in [0.15, 0.2) is 0 Å². The molecule has 2 aromatic rings. The van der Waals surface area contributed by atoms with E-state index < -0.39 is 52.8 Å². The molecule has 7 nitrogen and oxygen atoms in total. The Bertz CT molecular complexity index is 1270. The second-order valence-corrected chi connectivity index (χ2v) is 9.46. The standard InChI is InChI=1S/C26H25F4N3O4/c1-15-4-3-5-16(12-15)21-23(36)32(2)24(37)25(21)8-10-33(11-9-25)20(34)14-31-22(35)18-13-17(26(28,29)30)6-7-19(18)27/h3-7,12-13,21H,8-11,14H2,1-2H3,(H,31,35). The van der Waals surface area contributed by atoms with Crippen molar-refractivity contribution in [3.63, 3.8) is 0 Å². The SMILES string of the molecule is Cc1cccc(C2C(=O)N(C)C(=O)C23CCN(C(=O)CNC(=O)c2cc(C(F)(F)F)ccc2F)CC3)c1. The Kier molecular flexibility index (Phi) is 6.83. The molecular formula is C26H25F4N3O4. The Hall–Kier alpha value is -3.76. The molecule has 11 heteroatoms. The summed E-state index contributed by atoms with van der Waals surface area (Å²) in [6.45, 7) is 1.61. The van der Waals surface area contributed by atoms with Crippen LogP contribution in [0.4, 0.5) is 17.6 Å². The Labute approximate surface area is 210 Å². The zero-order valence-electron chi connectivity index (χ0n) is 20.2. The van der Waals surface area contributed by atoms with Crippen molar-refractivity contribution < 1.29 is 36.7 Å². The summed E-state index contributed by atoms with van der Waals surface area (Å²) < 4.78 is 52.7. The van der Waals surface area contributed by atoms with Gasteiger partial charge in [0.25, 0.3) is 5.91 Å². The molecular weight excluding hydrogens is 494 g/mol. The van der Waals surface area contributed by atoms with Crippen molar-refractivity contribution in [2.75, 3.05) is 26.7 Å². The molecule has 1 spiro atoms. The van der Waals surface area contributed by atoms with Crippen LogP contribution in [0, 0.1) is 18.2 Å². The van der Waals surface area contributed by atoms with E-state index >= 15 is 0 Å². The normalized spacial score (nSPS) is 19.5. The lowest BCUT2D eigenvalue weighted by Gasteiger charge is -2.40. The number of piperidine rings is 1. The molecule has 196 valence electrons. The summed E-state index contributed by atoms with van der Waals surface area (Å²) in [7, 11) is 1.45. The zero-order valence-corrected chi connectivity index (χ0v) is 20.2. The van der Waals surface area contributed by atoms with E-state index in [-0.39, 0.29) is 37.7 Å². The zero-order chi connectivity index (χ0) is 27.1. The van der Waals surface area contributed by atoms with Crippen molar-refractivity contribution in [2.45, 2.75) is 31.9 Å². The lowest BCUT2D eigenvalue weighted by atomic mass is 9.67. The molecule has 4 rings (SSSR count). The molecule has 0 bridgehead atoms. The van der Waals surface area contributed by atoms with Gasteiger partial charge in [-0.2, -0.15) is 13.2 Å². The van der Waals surface area contributed by atoms with Gasteiger partial charge in [-0.15, -0.1) is 0 Å². The number of benzene rings is 2. The van der Waals surface area contributed by atoms with Gasteiger partial charge in [0.05, 0.1) is 29.0 Å². The molecule has 0 radical (unpaired) electrons. The van der Waals surface area contributed by atoms with Gasteiger partial charge in [0.1, 0.15) is 5.82 Å². The van der Waals surface area contributed by atoms with Gasteiger partial charge < -0.3 is 10.2 Å². The number of aryl methyl sites for hydroxylation is 1. The van der Waals surface area contributed by atoms with Crippen molar-refractivity contribution >= 4 is 23.6 Å². The van der Waals surface area contributed by atoms with E-state index in [0.29, 0.717) is 18.2 Å². The van der Waals surface area contributed by atoms with Crippen molar-refractivity contribution in [2.24, 2.45) is 5.41 Å². The fourth-order valence-electron chi connectivity index (χ4n) is 5.20. The third-order valence-electron chi connectivity index (χ3n) is 7.18. The van der Waals surface area contributed by atoms with Crippen LogP contribution in [0.5, 0.6) is 0 Å². The van der Waals surface area contributed by atoms with Crippen molar-refractivity contribution in [3.8, 4) is 0 Å². The monoisotopic (exact) mass is 519 g/mol. The van der Waals surface area contributed by atoms with Crippen molar-refractivity contribution in [1.29, 1.82) is 0 Å². The second-order valence-electron chi connectivity index (χ2n) is 9.46. The van der Waals surface area contributed by atoms with Crippen LogP contribution in [-0.4, -0.2) is 60.1 Å². The first-order chi connectivity index (χ1) is 17.3. The van der Waals surface area contributed by atoms with Gasteiger partial charge in [-0.3, -0.25) is 24.1 Å². The Morgan fingerprint density at radius 3 is 2.38 bits per heavy atom. The number of carbonyl (C=O) groups excluding carboxylic acids is 4. The minimum Gasteiger partial charge on any atom is -0.343 e. The molecule has 2 fully saturated rings. The van der Waals surface area contributed by atoms with E-state index in [0.717, 1.165) is 16.0 Å². The number of rotatable bonds is 4. The predicted molar refractivity (Wildman–Crippen MR) is 124 cm³/mol. The van der Waals surface area contributed by atoms with Crippen LogP contribution in [0.1, 0.15) is 45.8 Å². The van der Waals surface area contributed by atoms with Gasteiger partial charge >= 0.3 is 6.18 Å². The summed E-state index contributed by atoms with van der Waals surface area (Å²) in [5.41, 5.74) is -1.32. The van der Waals surface area contributed by atoms with Gasteiger partial charge in [-0.05, 0) is 43.5 Å². The third-order valence-corrected chi connectivity index (χ3v) is 7.18. The van der Waals surface area contributed by atoms with Crippen LogP contribution in [0.25, 0.3) is 0 Å². The average Bonchev–Trinajstić information content (AvgIpc) is 3.03. The van der Waals surface area contributed by atoms with Crippen LogP contribution in [0.3, 0.4) is 0 Å². The molecule has 1 unspecified atom stereocenters. The lowest BCUT2D eigenvalue weighted by molar-refractivity contribution is -0.143. The van der Waals surface area contributed by atoms with Crippen molar-refractivity contribution in [3.05, 3.63) is 70.5 Å². The van der Waals surface area contributed by atoms with Crippen LogP contribution in [0.15, 0.2) is 42.5 Å². The molecule has 2 aromatic carbocycles. The number of nitrogens with one attached hydrogen (secondary N) is 1. The lowest BCUT2D eigenvalue weighted by Crippen LogP contribution is -2.50. The topological polar surface area (TPSA) is 86.8 Å². The van der Waals surface area contributed by atoms with Crippen LogP contribution >= 0.6 is 0 Å². The van der Waals surface area contributed by atoms with E-state index in [1.165, 1.54) is 11.9 Å². The second kappa shape index (κ2) is 9.60. The minimum absolute atomic E-state index is 0.141. The molecule has 37 heavy (non-hydrogen) atoms. The Morgan fingerprint density at radius 1 is 1.08 bits per heavy atom. The van der Waals surface area contributed by atoms with Gasteiger partial charge in [0, 0.05) is 20.1 Å². The van der Waals surface area contributed by atoms with Crippen LogP contribution in [-0.2, 0) is 20.6 Å². The first-order valence-electron chi connectivity index (χ1n) is 11.7. The van der Waals surface area contributed by atoms with E-state index in [2.05, 4.69) is 5.32 Å². The highest BCUT2D eigenvalue weighted by Crippen LogP contribution is 2.51. The van der Waals surface area contributed by atoms with Crippen LogP contribution < -0.4 is 5.32 Å². The number of amides is 4. The maximum Gasteiger partial charge on any atom is 0.416 e. The number of likely N-dealkylation sites (N-methyl/N-ethyl adjacent to an activating group) is 1. The molecule has 4 amide bonds. The molecule has 1 N–H and O–H groups in total. The molecule has 0 aliphatic carbocycles. The maximum atomic E-state index is 14.0. The highest BCUT2D eigenvalue weighted by Gasteiger charge is 2.59. The van der Waals surface area contributed by atoms with Gasteiger partial charge in [-0.1, -0.05) is 29.8 Å². The largest absolute Gasteiger partial charge is 0.416 e. The highest BCUT2D eigenvalue weighted by molar-refractivity contribution is 6.10. The average molecular weight is 519 g/mol. The summed E-state index contributed by atoms with van der Waals surface area (Å²) >= 11 is 0. The number of alkyl halides is 3. The van der Waals surface area contributed by atoms with Crippen molar-refractivity contribution in [1.82, 2.24) is 15.1 Å². The number of likely N-dealkylation sites (tertiary alicyclic amines) is 2. The predicted octanol–water partition coefficient (Wildman–Crippen LogP) is 3.27. The number of hydrogen-bond acceptors (Lipinski definition) is 4. The van der Waals surface area contributed by atoms with E-state index in [1.54, 1.807) is 0 Å². The number of hydrogen-bond donors (Lipinski definition) is 1. The fraction of sp³-hybridized carbons (Fsp3) is 0.385. The van der Waals surface area contributed by atoms with E-state index in [9.17, 15) is 36.7 Å². The van der Waals surface area contributed by atoms with Gasteiger partial charge in [0.2, 0.25) is 17.7 Å². The van der Waals surface area contributed by atoms with Gasteiger partial charge in [-0.25, -0.2) is 4.39 Å². The summed E-state index contributed by atoms with van der Waals surface area (Å²) in [5.74, 6) is -4.11. The highest BCUT2D eigenvalue weighted by atomic mass is 19.4. The Balaban J connectivity index is 1.43. The molecule has 2 aliphatic heterocycles. The number of nitrogens with zero attached hydrogens (tertiary/aromatic N) is 2. The number of carbonyl (C=O) groups is 4. The number of imide groups is 1. The molecule has 2 saturated heterocycles. The maximum absolute atomic E-state index is 14.0.